The van der Waals surface area contributed by atoms with E-state index in [1.165, 1.54) is 13.5 Å². The fraction of sp³-hybridized carbons (Fsp3) is 0.889. The first-order valence-electron chi connectivity index (χ1n) is 4.54. The number of carbonyl (C=O) groups is 1. The van der Waals surface area contributed by atoms with E-state index in [-0.39, 0.29) is 23.8 Å². The average Bonchev–Trinajstić information content (AvgIpc) is 2.17. The molecule has 0 unspecified atom stereocenters. The van der Waals surface area contributed by atoms with E-state index in [0.29, 0.717) is 6.54 Å². The van der Waals surface area contributed by atoms with Gasteiger partial charge in [-0.15, -0.1) is 12.4 Å². The van der Waals surface area contributed by atoms with Crippen LogP contribution in [0.2, 0.25) is 0 Å². The highest BCUT2D eigenvalue weighted by atomic mass is 35.5. The van der Waals surface area contributed by atoms with Crippen molar-refractivity contribution in [1.82, 2.24) is 0 Å². The number of rotatable bonds is 2. The van der Waals surface area contributed by atoms with Crippen LogP contribution in [0, 0.1) is 5.41 Å². The van der Waals surface area contributed by atoms with E-state index in [1.54, 1.807) is 0 Å². The highest BCUT2D eigenvalue weighted by Crippen LogP contribution is 2.36. The van der Waals surface area contributed by atoms with E-state index in [9.17, 15) is 4.79 Å². The van der Waals surface area contributed by atoms with Crippen molar-refractivity contribution in [3.8, 4) is 0 Å². The van der Waals surface area contributed by atoms with Crippen molar-refractivity contribution in [1.29, 1.82) is 0 Å². The smallest absolute Gasteiger partial charge is 0.313 e. The molecule has 0 aromatic rings. The summed E-state index contributed by atoms with van der Waals surface area (Å²) in [4.78, 5) is 11.4. The third kappa shape index (κ3) is 2.58. The normalized spacial score (nSPS) is 20.2. The largest absolute Gasteiger partial charge is 0.469 e. The molecular formula is C9H18ClNO2. The monoisotopic (exact) mass is 207 g/mol. The molecule has 0 aromatic heterocycles. The van der Waals surface area contributed by atoms with Crippen LogP contribution in [0.25, 0.3) is 0 Å². The fourth-order valence-corrected chi connectivity index (χ4v) is 1.94. The minimum absolute atomic E-state index is 0. The highest BCUT2D eigenvalue weighted by molar-refractivity contribution is 5.85. The molecule has 1 saturated carbocycles. The van der Waals surface area contributed by atoms with Crippen molar-refractivity contribution in [3.05, 3.63) is 0 Å². The van der Waals surface area contributed by atoms with Crippen LogP contribution in [0.1, 0.15) is 32.1 Å². The van der Waals surface area contributed by atoms with E-state index in [0.717, 1.165) is 25.7 Å². The van der Waals surface area contributed by atoms with Crippen LogP contribution in [-0.4, -0.2) is 19.6 Å². The van der Waals surface area contributed by atoms with Crippen molar-refractivity contribution in [2.24, 2.45) is 11.1 Å². The molecule has 3 nitrogen and oxygen atoms in total. The fourth-order valence-electron chi connectivity index (χ4n) is 1.94. The highest BCUT2D eigenvalue weighted by Gasteiger charge is 2.38. The Kier molecular flexibility index (Phi) is 5.33. The number of carbonyl (C=O) groups excluding carboxylic acids is 1. The van der Waals surface area contributed by atoms with E-state index >= 15 is 0 Å². The molecule has 1 fully saturated rings. The van der Waals surface area contributed by atoms with Crippen LogP contribution in [0.4, 0.5) is 0 Å². The first-order valence-corrected chi connectivity index (χ1v) is 4.54. The van der Waals surface area contributed by atoms with E-state index in [4.69, 9.17) is 10.5 Å². The number of hydrogen-bond acceptors (Lipinski definition) is 3. The maximum atomic E-state index is 11.4. The van der Waals surface area contributed by atoms with Crippen LogP contribution in [0.5, 0.6) is 0 Å². The summed E-state index contributed by atoms with van der Waals surface area (Å²) >= 11 is 0. The Hall–Kier alpha value is -0.280. The zero-order valence-electron chi connectivity index (χ0n) is 8.04. The molecule has 1 aliphatic rings. The Labute approximate surface area is 85.4 Å². The maximum absolute atomic E-state index is 11.4. The molecule has 0 aromatic carbocycles. The van der Waals surface area contributed by atoms with Crippen molar-refractivity contribution in [3.63, 3.8) is 0 Å². The summed E-state index contributed by atoms with van der Waals surface area (Å²) in [7, 11) is 1.44. The second-order valence-corrected chi connectivity index (χ2v) is 3.54. The Bertz CT molecular complexity index is 167. The molecule has 0 saturated heterocycles. The lowest BCUT2D eigenvalue weighted by atomic mass is 9.74. The topological polar surface area (TPSA) is 52.3 Å². The van der Waals surface area contributed by atoms with Gasteiger partial charge in [-0.2, -0.15) is 0 Å². The van der Waals surface area contributed by atoms with Gasteiger partial charge in [0.2, 0.25) is 0 Å². The number of halogens is 1. The molecule has 13 heavy (non-hydrogen) atoms. The summed E-state index contributed by atoms with van der Waals surface area (Å²) < 4.78 is 4.77. The predicted molar refractivity (Wildman–Crippen MR) is 53.8 cm³/mol. The molecule has 1 rings (SSSR count). The molecule has 0 heterocycles. The van der Waals surface area contributed by atoms with Crippen LogP contribution in [0.15, 0.2) is 0 Å². The van der Waals surface area contributed by atoms with Gasteiger partial charge < -0.3 is 10.5 Å². The van der Waals surface area contributed by atoms with Crippen molar-refractivity contribution in [2.75, 3.05) is 13.7 Å². The SMILES string of the molecule is COC(=O)C1(CN)CCCCC1.Cl. The summed E-state index contributed by atoms with van der Waals surface area (Å²) in [6.07, 6.45) is 5.23. The van der Waals surface area contributed by atoms with Crippen LogP contribution < -0.4 is 5.73 Å². The van der Waals surface area contributed by atoms with Crippen molar-refractivity contribution < 1.29 is 9.53 Å². The molecule has 0 atom stereocenters. The molecule has 1 aliphatic carbocycles. The molecule has 0 radical (unpaired) electrons. The van der Waals surface area contributed by atoms with Gasteiger partial charge >= 0.3 is 5.97 Å². The molecule has 0 bridgehead atoms. The van der Waals surface area contributed by atoms with E-state index in [1.807, 2.05) is 0 Å². The number of ether oxygens (including phenoxy) is 1. The molecule has 2 N–H and O–H groups in total. The predicted octanol–water partition coefficient (Wildman–Crippen LogP) is 1.49. The van der Waals surface area contributed by atoms with Gasteiger partial charge in [-0.1, -0.05) is 19.3 Å². The Morgan fingerprint density at radius 3 is 2.31 bits per heavy atom. The van der Waals surface area contributed by atoms with Gasteiger partial charge in [0.1, 0.15) is 0 Å². The minimum atomic E-state index is -0.354. The van der Waals surface area contributed by atoms with Gasteiger partial charge in [0.15, 0.2) is 0 Å². The van der Waals surface area contributed by atoms with Gasteiger partial charge in [-0.05, 0) is 12.8 Å². The lowest BCUT2D eigenvalue weighted by molar-refractivity contribution is -0.154. The second-order valence-electron chi connectivity index (χ2n) is 3.54. The molecule has 0 spiro atoms. The first kappa shape index (κ1) is 12.7. The second kappa shape index (κ2) is 5.45. The Balaban J connectivity index is 0.00000144. The van der Waals surface area contributed by atoms with Crippen molar-refractivity contribution in [2.45, 2.75) is 32.1 Å². The van der Waals surface area contributed by atoms with Crippen LogP contribution >= 0.6 is 12.4 Å². The summed E-state index contributed by atoms with van der Waals surface area (Å²) in [5.41, 5.74) is 5.26. The Morgan fingerprint density at radius 1 is 1.38 bits per heavy atom. The quantitative estimate of drug-likeness (QED) is 0.699. The minimum Gasteiger partial charge on any atom is -0.469 e. The van der Waals surface area contributed by atoms with Crippen molar-refractivity contribution >= 4 is 18.4 Å². The Morgan fingerprint density at radius 2 is 1.92 bits per heavy atom. The third-order valence-electron chi connectivity index (χ3n) is 2.82. The van der Waals surface area contributed by atoms with E-state index < -0.39 is 0 Å². The van der Waals surface area contributed by atoms with Gasteiger partial charge in [0.25, 0.3) is 0 Å². The van der Waals surface area contributed by atoms with Crippen LogP contribution in [-0.2, 0) is 9.53 Å². The number of nitrogens with two attached hydrogens (primary N) is 1. The maximum Gasteiger partial charge on any atom is 0.313 e. The number of hydrogen-bond donors (Lipinski definition) is 1. The molecular weight excluding hydrogens is 190 g/mol. The summed E-state index contributed by atoms with van der Waals surface area (Å²) in [5, 5.41) is 0. The van der Waals surface area contributed by atoms with E-state index in [2.05, 4.69) is 0 Å². The van der Waals surface area contributed by atoms with Gasteiger partial charge in [0, 0.05) is 6.54 Å². The third-order valence-corrected chi connectivity index (χ3v) is 2.82. The average molecular weight is 208 g/mol. The van der Waals surface area contributed by atoms with Gasteiger partial charge in [0.05, 0.1) is 12.5 Å². The molecule has 0 amide bonds. The lowest BCUT2D eigenvalue weighted by Crippen LogP contribution is -2.41. The van der Waals surface area contributed by atoms with Gasteiger partial charge in [-0.3, -0.25) is 4.79 Å². The zero-order chi connectivity index (χ0) is 9.03. The number of esters is 1. The first-order chi connectivity index (χ1) is 5.75. The standard InChI is InChI=1S/C9H17NO2.ClH/c1-12-8(11)9(7-10)5-3-2-4-6-9;/h2-7,10H2,1H3;1H. The molecule has 78 valence electrons. The molecule has 4 heteroatoms. The van der Waals surface area contributed by atoms with Gasteiger partial charge in [-0.25, -0.2) is 0 Å². The number of methoxy groups -OCH3 is 1. The summed E-state index contributed by atoms with van der Waals surface area (Å²) in [5.74, 6) is -0.121. The summed E-state index contributed by atoms with van der Waals surface area (Å²) in [6, 6.07) is 0. The summed E-state index contributed by atoms with van der Waals surface area (Å²) in [6.45, 7) is 0.430. The lowest BCUT2D eigenvalue weighted by Gasteiger charge is -2.32. The zero-order valence-corrected chi connectivity index (χ0v) is 8.86. The molecule has 0 aliphatic heterocycles. The van der Waals surface area contributed by atoms with Crippen LogP contribution in [0.3, 0.4) is 0 Å².